The van der Waals surface area contributed by atoms with E-state index in [1.54, 1.807) is 23.5 Å². The van der Waals surface area contributed by atoms with Crippen LogP contribution in [0, 0.1) is 0 Å². The first kappa shape index (κ1) is 19.2. The number of carbonyl (C=O) groups is 1. The Morgan fingerprint density at radius 2 is 2.26 bits per heavy atom. The molecule has 3 rings (SSSR count). The lowest BCUT2D eigenvalue weighted by molar-refractivity contribution is 0.0601. The third-order valence-electron chi connectivity index (χ3n) is 4.70. The molecule has 2 aromatic rings. The minimum absolute atomic E-state index is 0.0659. The number of thiophene rings is 1. The number of ether oxygens (including phenoxy) is 1. The number of likely N-dealkylation sites (tertiary alicyclic amines) is 1. The van der Waals surface area contributed by atoms with Crippen molar-refractivity contribution in [1.82, 2.24) is 4.90 Å². The van der Waals surface area contributed by atoms with Gasteiger partial charge < -0.3 is 20.1 Å². The lowest BCUT2D eigenvalue weighted by Crippen LogP contribution is -2.45. The van der Waals surface area contributed by atoms with Crippen LogP contribution in [0.25, 0.3) is 0 Å². The van der Waals surface area contributed by atoms with Crippen LogP contribution in [0.1, 0.15) is 41.4 Å². The first-order chi connectivity index (χ1) is 13.1. The number of anilines is 1. The van der Waals surface area contributed by atoms with Crippen LogP contribution in [-0.4, -0.2) is 41.6 Å². The van der Waals surface area contributed by atoms with Crippen LogP contribution < -0.4 is 5.32 Å². The van der Waals surface area contributed by atoms with Gasteiger partial charge in [0.25, 0.3) is 0 Å². The number of carbonyl (C=O) groups excluding carboxylic acids is 1. The molecule has 144 valence electrons. The minimum atomic E-state index is -0.443. The van der Waals surface area contributed by atoms with E-state index in [4.69, 9.17) is 9.73 Å². The molecular weight excluding hydrogens is 362 g/mol. The van der Waals surface area contributed by atoms with E-state index in [2.05, 4.69) is 23.2 Å². The van der Waals surface area contributed by atoms with Crippen molar-refractivity contribution >= 4 is 29.0 Å². The third kappa shape index (κ3) is 4.80. The molecule has 1 aliphatic rings. The molecule has 1 saturated heterocycles. The van der Waals surface area contributed by atoms with Crippen molar-refractivity contribution in [3.8, 4) is 5.75 Å². The number of esters is 1. The fraction of sp³-hybridized carbons (Fsp3) is 0.400. The molecule has 27 heavy (non-hydrogen) atoms. The molecule has 2 heterocycles. The van der Waals surface area contributed by atoms with E-state index < -0.39 is 5.97 Å². The number of benzene rings is 1. The van der Waals surface area contributed by atoms with Gasteiger partial charge in [-0.3, -0.25) is 0 Å². The van der Waals surface area contributed by atoms with Crippen molar-refractivity contribution in [3.63, 3.8) is 0 Å². The maximum atomic E-state index is 11.8. The van der Waals surface area contributed by atoms with Crippen LogP contribution in [0.15, 0.2) is 40.7 Å². The predicted octanol–water partition coefficient (Wildman–Crippen LogP) is 4.08. The molecule has 0 amide bonds. The Morgan fingerprint density at radius 1 is 1.41 bits per heavy atom. The molecule has 0 bridgehead atoms. The van der Waals surface area contributed by atoms with E-state index in [1.807, 2.05) is 11.4 Å². The van der Waals surface area contributed by atoms with Crippen LogP contribution in [0.2, 0.25) is 0 Å². The van der Waals surface area contributed by atoms with Crippen LogP contribution in [0.4, 0.5) is 5.69 Å². The Bertz CT molecular complexity index is 805. The Labute approximate surface area is 163 Å². The first-order valence-corrected chi connectivity index (χ1v) is 9.98. The molecule has 6 nitrogen and oxygen atoms in total. The van der Waals surface area contributed by atoms with Crippen molar-refractivity contribution < 1.29 is 14.6 Å². The Morgan fingerprint density at radius 3 is 2.96 bits per heavy atom. The van der Waals surface area contributed by atoms with Gasteiger partial charge in [-0.1, -0.05) is 6.07 Å². The summed E-state index contributed by atoms with van der Waals surface area (Å²) in [7, 11) is 1.34. The van der Waals surface area contributed by atoms with Crippen molar-refractivity contribution in [2.45, 2.75) is 38.8 Å². The number of hydrogen-bond acceptors (Lipinski definition) is 5. The standard InChI is InChI=1S/C20H25N3O3S/c1-14-6-3-4-10-23(14)20(21-13-16-7-5-11-27-16)22-17-12-15(19(25)26-2)8-9-18(17)24/h5,7-9,11-12,14,24H,3-4,6,10,13H2,1-2H3,(H,21,22). The molecule has 1 aliphatic heterocycles. The molecule has 1 atom stereocenters. The molecule has 1 unspecified atom stereocenters. The van der Waals surface area contributed by atoms with Gasteiger partial charge in [0, 0.05) is 17.5 Å². The number of phenolic OH excluding ortho intramolecular Hbond substituents is 1. The minimum Gasteiger partial charge on any atom is -0.506 e. The summed E-state index contributed by atoms with van der Waals surface area (Å²) in [6, 6.07) is 9.05. The molecule has 0 aliphatic carbocycles. The number of nitrogens with zero attached hydrogens (tertiary/aromatic N) is 2. The largest absolute Gasteiger partial charge is 0.506 e. The highest BCUT2D eigenvalue weighted by atomic mass is 32.1. The number of guanidine groups is 1. The number of aliphatic imine (C=N–C) groups is 1. The molecular formula is C20H25N3O3S. The monoisotopic (exact) mass is 387 g/mol. The normalized spacial score (nSPS) is 17.6. The Hall–Kier alpha value is -2.54. The summed E-state index contributed by atoms with van der Waals surface area (Å²) >= 11 is 1.67. The highest BCUT2D eigenvalue weighted by Crippen LogP contribution is 2.26. The summed E-state index contributed by atoms with van der Waals surface area (Å²) in [6.07, 6.45) is 3.42. The number of methoxy groups -OCH3 is 1. The molecule has 1 aromatic heterocycles. The van der Waals surface area contributed by atoms with E-state index in [1.165, 1.54) is 24.5 Å². The van der Waals surface area contributed by atoms with Crippen LogP contribution in [-0.2, 0) is 11.3 Å². The number of piperidine rings is 1. The van der Waals surface area contributed by atoms with Crippen LogP contribution in [0.3, 0.4) is 0 Å². The van der Waals surface area contributed by atoms with Crippen molar-refractivity contribution in [2.75, 3.05) is 19.0 Å². The van der Waals surface area contributed by atoms with E-state index in [-0.39, 0.29) is 5.75 Å². The van der Waals surface area contributed by atoms with Gasteiger partial charge in [0.1, 0.15) is 5.75 Å². The number of phenols is 1. The number of aromatic hydroxyl groups is 1. The number of rotatable bonds is 4. The second-order valence-electron chi connectivity index (χ2n) is 6.61. The average Bonchev–Trinajstić information content (AvgIpc) is 3.20. The third-order valence-corrected chi connectivity index (χ3v) is 5.57. The fourth-order valence-corrected chi connectivity index (χ4v) is 3.80. The smallest absolute Gasteiger partial charge is 0.337 e. The average molecular weight is 388 g/mol. The zero-order valence-electron chi connectivity index (χ0n) is 15.6. The highest BCUT2D eigenvalue weighted by Gasteiger charge is 2.23. The highest BCUT2D eigenvalue weighted by molar-refractivity contribution is 7.09. The molecule has 1 fully saturated rings. The maximum absolute atomic E-state index is 11.8. The summed E-state index contributed by atoms with van der Waals surface area (Å²) in [4.78, 5) is 20.0. The van der Waals surface area contributed by atoms with Gasteiger partial charge in [-0.05, 0) is 55.8 Å². The SMILES string of the molecule is COC(=O)c1ccc(O)c(NC(=NCc2cccs2)N2CCCCC2C)c1. The molecule has 2 N–H and O–H groups in total. The molecule has 7 heteroatoms. The number of hydrogen-bond donors (Lipinski definition) is 2. The zero-order chi connectivity index (χ0) is 19.2. The lowest BCUT2D eigenvalue weighted by atomic mass is 10.0. The molecule has 0 spiro atoms. The summed E-state index contributed by atoms with van der Waals surface area (Å²) in [5.74, 6) is 0.338. The van der Waals surface area contributed by atoms with Crippen LogP contribution in [0.5, 0.6) is 5.75 Å². The second-order valence-corrected chi connectivity index (χ2v) is 7.64. The summed E-state index contributed by atoms with van der Waals surface area (Å²) < 4.78 is 4.78. The molecule has 1 aromatic carbocycles. The second kappa shape index (κ2) is 8.90. The fourth-order valence-electron chi connectivity index (χ4n) is 3.17. The van der Waals surface area contributed by atoms with Crippen LogP contribution >= 0.6 is 11.3 Å². The predicted molar refractivity (Wildman–Crippen MR) is 109 cm³/mol. The zero-order valence-corrected chi connectivity index (χ0v) is 16.5. The van der Waals surface area contributed by atoms with Gasteiger partial charge in [0.15, 0.2) is 5.96 Å². The topological polar surface area (TPSA) is 74.2 Å². The lowest BCUT2D eigenvalue weighted by Gasteiger charge is -2.36. The molecule has 0 radical (unpaired) electrons. The van der Waals surface area contributed by atoms with Gasteiger partial charge in [0.2, 0.25) is 0 Å². The van der Waals surface area contributed by atoms with Gasteiger partial charge >= 0.3 is 5.97 Å². The quantitative estimate of drug-likeness (QED) is 0.358. The van der Waals surface area contributed by atoms with Gasteiger partial charge in [-0.2, -0.15) is 0 Å². The summed E-state index contributed by atoms with van der Waals surface area (Å²) in [6.45, 7) is 3.67. The van der Waals surface area contributed by atoms with E-state index in [0.29, 0.717) is 29.8 Å². The van der Waals surface area contributed by atoms with Gasteiger partial charge in [0.05, 0.1) is 24.9 Å². The van der Waals surface area contributed by atoms with Crippen molar-refractivity contribution in [1.29, 1.82) is 0 Å². The maximum Gasteiger partial charge on any atom is 0.337 e. The summed E-state index contributed by atoms with van der Waals surface area (Å²) in [5, 5.41) is 15.6. The van der Waals surface area contributed by atoms with Crippen molar-refractivity contribution in [2.24, 2.45) is 4.99 Å². The number of nitrogens with one attached hydrogen (secondary N) is 1. The van der Waals surface area contributed by atoms with E-state index in [0.717, 1.165) is 19.4 Å². The Balaban J connectivity index is 1.88. The van der Waals surface area contributed by atoms with Gasteiger partial charge in [-0.15, -0.1) is 11.3 Å². The Kier molecular flexibility index (Phi) is 6.34. The van der Waals surface area contributed by atoms with E-state index >= 15 is 0 Å². The van der Waals surface area contributed by atoms with Crippen molar-refractivity contribution in [3.05, 3.63) is 46.2 Å². The van der Waals surface area contributed by atoms with E-state index in [9.17, 15) is 9.90 Å². The van der Waals surface area contributed by atoms with Gasteiger partial charge in [-0.25, -0.2) is 9.79 Å². The molecule has 0 saturated carbocycles. The summed E-state index contributed by atoms with van der Waals surface area (Å²) in [5.41, 5.74) is 0.822. The first-order valence-electron chi connectivity index (χ1n) is 9.10.